The predicted molar refractivity (Wildman–Crippen MR) is 79.4 cm³/mol. The lowest BCUT2D eigenvalue weighted by molar-refractivity contribution is 0.0528. The SMILES string of the molecule is CC(C)C(CNCCNC(=O)OC(C)(C)C)N(C)C. The summed E-state index contributed by atoms with van der Waals surface area (Å²) in [6.07, 6.45) is -0.359. The predicted octanol–water partition coefficient (Wildman–Crippen LogP) is 1.69. The minimum atomic E-state index is -0.439. The topological polar surface area (TPSA) is 53.6 Å². The first-order chi connectivity index (χ1) is 8.63. The van der Waals surface area contributed by atoms with E-state index in [1.54, 1.807) is 0 Å². The molecule has 1 unspecified atom stereocenters. The van der Waals surface area contributed by atoms with E-state index in [9.17, 15) is 4.79 Å². The first-order valence-electron chi connectivity index (χ1n) is 6.97. The molecule has 0 rings (SSSR count). The van der Waals surface area contributed by atoms with Crippen LogP contribution in [0.2, 0.25) is 0 Å². The second-order valence-corrected chi connectivity index (χ2v) is 6.41. The fourth-order valence-corrected chi connectivity index (χ4v) is 1.83. The molecule has 0 saturated carbocycles. The molecule has 0 heterocycles. The van der Waals surface area contributed by atoms with E-state index in [0.29, 0.717) is 18.5 Å². The van der Waals surface area contributed by atoms with Gasteiger partial charge in [0.05, 0.1) is 0 Å². The zero-order valence-electron chi connectivity index (χ0n) is 13.5. The first-order valence-corrected chi connectivity index (χ1v) is 6.97. The van der Waals surface area contributed by atoms with Crippen molar-refractivity contribution in [2.24, 2.45) is 5.92 Å². The number of carbonyl (C=O) groups is 1. The number of amides is 1. The molecule has 0 radical (unpaired) electrons. The van der Waals surface area contributed by atoms with E-state index < -0.39 is 5.60 Å². The summed E-state index contributed by atoms with van der Waals surface area (Å²) >= 11 is 0. The van der Waals surface area contributed by atoms with Crippen LogP contribution in [0.5, 0.6) is 0 Å². The second kappa shape index (κ2) is 8.38. The standard InChI is InChI=1S/C14H31N3O2/c1-11(2)12(17(6)7)10-15-8-9-16-13(18)19-14(3,4)5/h11-12,15H,8-10H2,1-7H3,(H,16,18). The molecule has 0 aromatic rings. The number of hydrogen-bond donors (Lipinski definition) is 2. The lowest BCUT2D eigenvalue weighted by Gasteiger charge is -2.28. The maximum Gasteiger partial charge on any atom is 0.407 e. The molecule has 1 amide bonds. The Balaban J connectivity index is 3.73. The maximum absolute atomic E-state index is 11.4. The minimum Gasteiger partial charge on any atom is -0.444 e. The van der Waals surface area contributed by atoms with Crippen molar-refractivity contribution in [1.29, 1.82) is 0 Å². The molecule has 0 aromatic heterocycles. The van der Waals surface area contributed by atoms with Crippen molar-refractivity contribution < 1.29 is 9.53 Å². The van der Waals surface area contributed by atoms with Crippen LogP contribution in [0.1, 0.15) is 34.6 Å². The highest BCUT2D eigenvalue weighted by Crippen LogP contribution is 2.06. The van der Waals surface area contributed by atoms with Crippen molar-refractivity contribution in [3.05, 3.63) is 0 Å². The molecule has 0 aliphatic heterocycles. The van der Waals surface area contributed by atoms with Crippen LogP contribution in [0.25, 0.3) is 0 Å². The lowest BCUT2D eigenvalue weighted by atomic mass is 10.0. The van der Waals surface area contributed by atoms with Crippen LogP contribution in [0.4, 0.5) is 4.79 Å². The molecule has 19 heavy (non-hydrogen) atoms. The number of rotatable bonds is 7. The Kier molecular flexibility index (Phi) is 8.02. The summed E-state index contributed by atoms with van der Waals surface area (Å²) in [7, 11) is 4.18. The van der Waals surface area contributed by atoms with Gasteiger partial charge in [0.1, 0.15) is 5.60 Å². The smallest absolute Gasteiger partial charge is 0.407 e. The van der Waals surface area contributed by atoms with Crippen LogP contribution in [0.15, 0.2) is 0 Å². The van der Waals surface area contributed by atoms with Gasteiger partial charge in [-0.1, -0.05) is 13.8 Å². The van der Waals surface area contributed by atoms with Crippen molar-refractivity contribution in [3.8, 4) is 0 Å². The normalized spacial score (nSPS) is 13.7. The third-order valence-electron chi connectivity index (χ3n) is 2.76. The zero-order chi connectivity index (χ0) is 15.1. The fraction of sp³-hybridized carbons (Fsp3) is 0.929. The lowest BCUT2D eigenvalue weighted by Crippen LogP contribution is -2.43. The Hall–Kier alpha value is -0.810. The minimum absolute atomic E-state index is 0.359. The molecule has 0 aliphatic rings. The Bertz CT molecular complexity index is 252. The molecule has 0 aliphatic carbocycles. The van der Waals surface area contributed by atoms with Crippen molar-refractivity contribution in [2.45, 2.75) is 46.3 Å². The maximum atomic E-state index is 11.4. The molecule has 2 N–H and O–H groups in total. The monoisotopic (exact) mass is 273 g/mol. The summed E-state index contributed by atoms with van der Waals surface area (Å²) in [5.74, 6) is 0.598. The second-order valence-electron chi connectivity index (χ2n) is 6.41. The number of carbonyl (C=O) groups excluding carboxylic acids is 1. The quantitative estimate of drug-likeness (QED) is 0.693. The molecule has 0 bridgehead atoms. The number of hydrogen-bond acceptors (Lipinski definition) is 4. The van der Waals surface area contributed by atoms with Gasteiger partial charge in [-0.25, -0.2) is 4.79 Å². The van der Waals surface area contributed by atoms with Gasteiger partial charge in [0, 0.05) is 25.7 Å². The van der Waals surface area contributed by atoms with E-state index >= 15 is 0 Å². The van der Waals surface area contributed by atoms with Crippen molar-refractivity contribution in [2.75, 3.05) is 33.7 Å². The Morgan fingerprint density at radius 1 is 1.21 bits per heavy atom. The summed E-state index contributed by atoms with van der Waals surface area (Å²) in [4.78, 5) is 13.6. The molecule has 114 valence electrons. The van der Waals surface area contributed by atoms with Crippen LogP contribution in [-0.2, 0) is 4.74 Å². The number of nitrogens with zero attached hydrogens (tertiary/aromatic N) is 1. The van der Waals surface area contributed by atoms with Gasteiger partial charge in [0.25, 0.3) is 0 Å². The molecule has 0 aromatic carbocycles. The average molecular weight is 273 g/mol. The largest absolute Gasteiger partial charge is 0.444 e. The third kappa shape index (κ3) is 9.73. The summed E-state index contributed by atoms with van der Waals surface area (Å²) in [6, 6.07) is 0.501. The molecule has 5 heteroatoms. The van der Waals surface area contributed by atoms with Crippen molar-refractivity contribution >= 4 is 6.09 Å². The van der Waals surface area contributed by atoms with Crippen LogP contribution in [0, 0.1) is 5.92 Å². The summed E-state index contributed by atoms with van der Waals surface area (Å²) < 4.78 is 5.16. The molecule has 0 saturated heterocycles. The molecule has 1 atom stereocenters. The van der Waals surface area contributed by atoms with Crippen molar-refractivity contribution in [1.82, 2.24) is 15.5 Å². The van der Waals surface area contributed by atoms with E-state index in [-0.39, 0.29) is 6.09 Å². The average Bonchev–Trinajstić information content (AvgIpc) is 2.19. The fourth-order valence-electron chi connectivity index (χ4n) is 1.83. The van der Waals surface area contributed by atoms with Gasteiger partial charge >= 0.3 is 6.09 Å². The van der Waals surface area contributed by atoms with E-state index in [0.717, 1.165) is 13.1 Å². The Morgan fingerprint density at radius 3 is 2.21 bits per heavy atom. The van der Waals surface area contributed by atoms with Crippen LogP contribution < -0.4 is 10.6 Å². The highest BCUT2D eigenvalue weighted by Gasteiger charge is 2.16. The Morgan fingerprint density at radius 2 is 1.79 bits per heavy atom. The highest BCUT2D eigenvalue weighted by atomic mass is 16.6. The van der Waals surface area contributed by atoms with Gasteiger partial charge in [-0.2, -0.15) is 0 Å². The molecule has 5 nitrogen and oxygen atoms in total. The van der Waals surface area contributed by atoms with Gasteiger partial charge < -0.3 is 20.3 Å². The number of ether oxygens (including phenoxy) is 1. The molecular formula is C14H31N3O2. The van der Waals surface area contributed by atoms with Crippen LogP contribution in [0.3, 0.4) is 0 Å². The van der Waals surface area contributed by atoms with E-state index in [1.807, 2.05) is 20.8 Å². The third-order valence-corrected chi connectivity index (χ3v) is 2.76. The highest BCUT2D eigenvalue weighted by molar-refractivity contribution is 5.67. The molecular weight excluding hydrogens is 242 g/mol. The Labute approximate surface area is 118 Å². The number of alkyl carbamates (subject to hydrolysis) is 1. The van der Waals surface area contributed by atoms with Crippen molar-refractivity contribution in [3.63, 3.8) is 0 Å². The molecule has 0 fully saturated rings. The van der Waals surface area contributed by atoms with E-state index in [4.69, 9.17) is 4.74 Å². The van der Waals surface area contributed by atoms with E-state index in [1.165, 1.54) is 0 Å². The first kappa shape index (κ1) is 18.2. The summed E-state index contributed by atoms with van der Waals surface area (Å²) in [5, 5.41) is 6.09. The van der Waals surface area contributed by atoms with Crippen LogP contribution in [-0.4, -0.2) is 56.4 Å². The number of nitrogens with one attached hydrogen (secondary N) is 2. The van der Waals surface area contributed by atoms with Crippen LogP contribution >= 0.6 is 0 Å². The van der Waals surface area contributed by atoms with Gasteiger partial charge in [-0.3, -0.25) is 0 Å². The number of likely N-dealkylation sites (N-methyl/N-ethyl adjacent to an activating group) is 1. The summed E-state index contributed by atoms with van der Waals surface area (Å²) in [5.41, 5.74) is -0.439. The van der Waals surface area contributed by atoms with Gasteiger partial charge in [0.2, 0.25) is 0 Å². The summed E-state index contributed by atoms with van der Waals surface area (Å²) in [6.45, 7) is 12.2. The van der Waals surface area contributed by atoms with E-state index in [2.05, 4.69) is 43.5 Å². The van der Waals surface area contributed by atoms with Gasteiger partial charge in [0.15, 0.2) is 0 Å². The van der Waals surface area contributed by atoms with Gasteiger partial charge in [-0.15, -0.1) is 0 Å². The van der Waals surface area contributed by atoms with Gasteiger partial charge in [-0.05, 0) is 40.8 Å². The molecule has 0 spiro atoms. The zero-order valence-corrected chi connectivity index (χ0v) is 13.5.